The molecule has 5 nitrogen and oxygen atoms in total. The van der Waals surface area contributed by atoms with E-state index in [4.69, 9.17) is 40.5 Å². The zero-order valence-electron chi connectivity index (χ0n) is 16.1. The highest BCUT2D eigenvalue weighted by molar-refractivity contribution is 6.36. The van der Waals surface area contributed by atoms with Gasteiger partial charge in [0.05, 0.1) is 5.02 Å². The van der Waals surface area contributed by atoms with Crippen LogP contribution < -0.4 is 11.1 Å². The summed E-state index contributed by atoms with van der Waals surface area (Å²) in [6.45, 7) is 0. The Kier molecular flexibility index (Phi) is 6.34. The lowest BCUT2D eigenvalue weighted by molar-refractivity contribution is 0.0916. The second-order valence-electron chi connectivity index (χ2n) is 7.45. The third-order valence-electron chi connectivity index (χ3n) is 5.35. The zero-order valence-corrected chi connectivity index (χ0v) is 18.4. The lowest BCUT2D eigenvalue weighted by Crippen LogP contribution is -2.49. The maximum Gasteiger partial charge on any atom is 0.271 e. The van der Waals surface area contributed by atoms with E-state index in [1.807, 2.05) is 16.7 Å². The number of carbonyl (C=O) groups is 1. The number of nitrogens with two attached hydrogens (primary N) is 1. The van der Waals surface area contributed by atoms with Crippen LogP contribution in [-0.2, 0) is 0 Å². The maximum atomic E-state index is 13.0. The number of aromatic nitrogens is 2. The topological polar surface area (TPSA) is 72.9 Å². The first-order valence-corrected chi connectivity index (χ1v) is 10.9. The summed E-state index contributed by atoms with van der Waals surface area (Å²) in [6, 6.07) is 12.4. The van der Waals surface area contributed by atoms with Gasteiger partial charge in [-0.2, -0.15) is 0 Å². The van der Waals surface area contributed by atoms with Crippen LogP contribution >= 0.6 is 34.8 Å². The van der Waals surface area contributed by atoms with Gasteiger partial charge >= 0.3 is 0 Å². The molecule has 8 heteroatoms. The molecule has 0 radical (unpaired) electrons. The molecule has 1 aliphatic rings. The quantitative estimate of drug-likeness (QED) is 0.536. The lowest BCUT2D eigenvalue weighted by atomic mass is 9.91. The molecule has 2 unspecified atom stereocenters. The van der Waals surface area contributed by atoms with E-state index in [1.54, 1.807) is 36.5 Å². The van der Waals surface area contributed by atoms with Crippen LogP contribution in [0.2, 0.25) is 15.1 Å². The zero-order chi connectivity index (χ0) is 21.3. The average Bonchev–Trinajstić information content (AvgIpc) is 3.15. The highest BCUT2D eigenvalue weighted by atomic mass is 35.5. The van der Waals surface area contributed by atoms with E-state index in [2.05, 4.69) is 10.3 Å². The maximum absolute atomic E-state index is 13.0. The highest BCUT2D eigenvalue weighted by Crippen LogP contribution is 2.32. The molecule has 1 heterocycles. The Balaban J connectivity index is 1.73. The van der Waals surface area contributed by atoms with Crippen LogP contribution in [0.15, 0.2) is 48.7 Å². The second kappa shape index (κ2) is 8.98. The van der Waals surface area contributed by atoms with Crippen LogP contribution in [0.4, 0.5) is 0 Å². The Morgan fingerprint density at radius 3 is 2.43 bits per heavy atom. The van der Waals surface area contributed by atoms with Crippen LogP contribution in [0.3, 0.4) is 0 Å². The summed E-state index contributed by atoms with van der Waals surface area (Å²) < 4.78 is 1.82. The van der Waals surface area contributed by atoms with Gasteiger partial charge in [-0.05, 0) is 55.3 Å². The van der Waals surface area contributed by atoms with Gasteiger partial charge < -0.3 is 11.1 Å². The molecule has 1 aliphatic carbocycles. The van der Waals surface area contributed by atoms with Crippen LogP contribution in [0.1, 0.15) is 36.2 Å². The minimum Gasteiger partial charge on any atom is -0.346 e. The van der Waals surface area contributed by atoms with Crippen molar-refractivity contribution in [3.8, 4) is 17.1 Å². The summed E-state index contributed by atoms with van der Waals surface area (Å²) in [4.78, 5) is 17.6. The van der Waals surface area contributed by atoms with Gasteiger partial charge in [0.2, 0.25) is 0 Å². The number of hydrogen-bond donors (Lipinski definition) is 2. The van der Waals surface area contributed by atoms with Gasteiger partial charge in [0, 0.05) is 39.6 Å². The van der Waals surface area contributed by atoms with Crippen molar-refractivity contribution in [2.75, 3.05) is 0 Å². The van der Waals surface area contributed by atoms with E-state index in [-0.39, 0.29) is 18.0 Å². The lowest BCUT2D eigenvalue weighted by Gasteiger charge is -2.28. The summed E-state index contributed by atoms with van der Waals surface area (Å²) in [7, 11) is 0. The number of halogens is 3. The van der Waals surface area contributed by atoms with E-state index in [0.717, 1.165) is 31.4 Å². The number of carbonyl (C=O) groups excluding carboxylic acids is 1. The number of rotatable bonds is 4. The van der Waals surface area contributed by atoms with Crippen molar-refractivity contribution in [1.29, 1.82) is 0 Å². The smallest absolute Gasteiger partial charge is 0.271 e. The number of nitrogens with one attached hydrogen (secondary N) is 1. The van der Waals surface area contributed by atoms with Gasteiger partial charge in [0.1, 0.15) is 11.5 Å². The molecular formula is C22H21Cl3N4O. The van der Waals surface area contributed by atoms with Crippen molar-refractivity contribution < 1.29 is 4.79 Å². The van der Waals surface area contributed by atoms with Gasteiger partial charge in [0.25, 0.3) is 5.91 Å². The number of hydrogen-bond acceptors (Lipinski definition) is 3. The standard InChI is InChI=1S/C22H21Cl3N4O/c23-13-5-8-15(9-6-13)29-12-20(22(30)28-19-4-2-1-3-18(19)26)27-21(29)16-10-7-14(24)11-17(16)25/h5-12,18-19H,1-4,26H2,(H,28,30). The summed E-state index contributed by atoms with van der Waals surface area (Å²) in [5.74, 6) is 0.286. The molecule has 3 aromatic rings. The summed E-state index contributed by atoms with van der Waals surface area (Å²) in [5, 5.41) is 4.64. The molecule has 0 spiro atoms. The van der Waals surface area contributed by atoms with E-state index < -0.39 is 0 Å². The van der Waals surface area contributed by atoms with E-state index >= 15 is 0 Å². The fraction of sp³-hybridized carbons (Fsp3) is 0.273. The predicted molar refractivity (Wildman–Crippen MR) is 122 cm³/mol. The first kappa shape index (κ1) is 21.2. The third kappa shape index (κ3) is 4.49. The molecule has 1 saturated carbocycles. The predicted octanol–water partition coefficient (Wildman–Crippen LogP) is 5.50. The van der Waals surface area contributed by atoms with Gasteiger partial charge in [0.15, 0.2) is 0 Å². The van der Waals surface area contributed by atoms with Gasteiger partial charge in [-0.3, -0.25) is 9.36 Å². The van der Waals surface area contributed by atoms with Crippen LogP contribution in [0.5, 0.6) is 0 Å². The monoisotopic (exact) mass is 462 g/mol. The molecule has 1 amide bonds. The molecule has 156 valence electrons. The molecule has 0 saturated heterocycles. The van der Waals surface area contributed by atoms with Crippen molar-refractivity contribution >= 4 is 40.7 Å². The highest BCUT2D eigenvalue weighted by Gasteiger charge is 2.26. The number of benzene rings is 2. The van der Waals surface area contributed by atoms with E-state index in [0.29, 0.717) is 32.1 Å². The summed E-state index contributed by atoms with van der Waals surface area (Å²) in [5.41, 5.74) is 7.96. The van der Waals surface area contributed by atoms with Gasteiger partial charge in [-0.25, -0.2) is 4.98 Å². The fourth-order valence-electron chi connectivity index (χ4n) is 3.73. The molecule has 0 bridgehead atoms. The van der Waals surface area contributed by atoms with Crippen molar-refractivity contribution in [3.05, 3.63) is 69.4 Å². The van der Waals surface area contributed by atoms with Crippen LogP contribution in [0, 0.1) is 0 Å². The van der Waals surface area contributed by atoms with Crippen molar-refractivity contribution in [1.82, 2.24) is 14.9 Å². The molecular weight excluding hydrogens is 443 g/mol. The Hall–Kier alpha value is -2.05. The van der Waals surface area contributed by atoms with Crippen molar-refractivity contribution in [3.63, 3.8) is 0 Å². The Labute approximate surface area is 190 Å². The minimum absolute atomic E-state index is 0.0359. The van der Waals surface area contributed by atoms with Crippen molar-refractivity contribution in [2.24, 2.45) is 5.73 Å². The molecule has 2 atom stereocenters. The summed E-state index contributed by atoms with van der Waals surface area (Å²) in [6.07, 6.45) is 5.64. The first-order chi connectivity index (χ1) is 14.4. The van der Waals surface area contributed by atoms with Crippen LogP contribution in [-0.4, -0.2) is 27.5 Å². The van der Waals surface area contributed by atoms with Crippen molar-refractivity contribution in [2.45, 2.75) is 37.8 Å². The van der Waals surface area contributed by atoms with E-state index in [1.165, 1.54) is 0 Å². The van der Waals surface area contributed by atoms with Crippen LogP contribution in [0.25, 0.3) is 17.1 Å². The number of amides is 1. The van der Waals surface area contributed by atoms with Gasteiger partial charge in [-0.1, -0.05) is 47.6 Å². The molecule has 0 aliphatic heterocycles. The molecule has 1 fully saturated rings. The minimum atomic E-state index is -0.253. The third-order valence-corrected chi connectivity index (χ3v) is 6.15. The largest absolute Gasteiger partial charge is 0.346 e. The summed E-state index contributed by atoms with van der Waals surface area (Å²) >= 11 is 18.5. The SMILES string of the molecule is NC1CCCCC1NC(=O)c1cn(-c2ccc(Cl)cc2)c(-c2ccc(Cl)cc2Cl)n1. The van der Waals surface area contributed by atoms with Gasteiger partial charge in [-0.15, -0.1) is 0 Å². The Morgan fingerprint density at radius 2 is 1.73 bits per heavy atom. The van der Waals surface area contributed by atoms with E-state index in [9.17, 15) is 4.79 Å². The number of imidazole rings is 1. The second-order valence-corrected chi connectivity index (χ2v) is 8.73. The average molecular weight is 464 g/mol. The Bertz CT molecular complexity index is 1060. The molecule has 2 aromatic carbocycles. The fourth-order valence-corrected chi connectivity index (χ4v) is 4.35. The molecule has 30 heavy (non-hydrogen) atoms. The number of nitrogens with zero attached hydrogens (tertiary/aromatic N) is 2. The molecule has 1 aromatic heterocycles. The normalized spacial score (nSPS) is 18.9. The molecule has 4 rings (SSSR count). The first-order valence-electron chi connectivity index (χ1n) is 9.79. The Morgan fingerprint density at radius 1 is 1.03 bits per heavy atom. The molecule has 3 N–H and O–H groups in total.